The summed E-state index contributed by atoms with van der Waals surface area (Å²) in [6, 6.07) is 4.80. The number of aromatic nitrogens is 2. The van der Waals surface area contributed by atoms with E-state index in [1.54, 1.807) is 12.1 Å². The number of rotatable bonds is 7. The van der Waals surface area contributed by atoms with E-state index in [0.29, 0.717) is 61.6 Å². The maximum Gasteiger partial charge on any atom is 0.335 e. The van der Waals surface area contributed by atoms with Crippen molar-refractivity contribution in [1.29, 1.82) is 0 Å². The standard InChI is InChI=1S/C27H30F2N2O5S/c28-27(29)11-5-15(6-12-27)22-19(23(36-31-22)16-1-2-16)14-35-18-7-9-26(34,10-8-18)25-30-20-4-3-17(24(32)33)13-21(20)37-25/h3-4,13,15-16,18,34H,1-2,5-12,14H2,(H,32,33)/t18-,26+. The minimum Gasteiger partial charge on any atom is -0.478 e. The van der Waals surface area contributed by atoms with E-state index in [2.05, 4.69) is 10.1 Å². The summed E-state index contributed by atoms with van der Waals surface area (Å²) in [5.41, 5.74) is 1.55. The van der Waals surface area contributed by atoms with Crippen molar-refractivity contribution in [3.05, 3.63) is 45.8 Å². The molecule has 0 aliphatic heterocycles. The molecule has 2 heterocycles. The third kappa shape index (κ3) is 5.03. The van der Waals surface area contributed by atoms with Crippen LogP contribution in [0.3, 0.4) is 0 Å². The van der Waals surface area contributed by atoms with E-state index in [1.807, 2.05) is 0 Å². The summed E-state index contributed by atoms with van der Waals surface area (Å²) in [4.78, 5) is 15.9. The molecule has 3 aliphatic carbocycles. The Morgan fingerprint density at radius 3 is 2.49 bits per heavy atom. The molecule has 198 valence electrons. The Balaban J connectivity index is 1.11. The normalized spacial score (nSPS) is 26.5. The second-order valence-electron chi connectivity index (χ2n) is 10.9. The maximum atomic E-state index is 13.7. The molecule has 0 spiro atoms. The Labute approximate surface area is 216 Å². The predicted molar refractivity (Wildman–Crippen MR) is 132 cm³/mol. The van der Waals surface area contributed by atoms with Crippen molar-refractivity contribution in [2.24, 2.45) is 0 Å². The summed E-state index contributed by atoms with van der Waals surface area (Å²) in [5, 5.41) is 25.5. The fourth-order valence-electron chi connectivity index (χ4n) is 5.69. The zero-order chi connectivity index (χ0) is 25.8. The van der Waals surface area contributed by atoms with Gasteiger partial charge in [0.25, 0.3) is 0 Å². The van der Waals surface area contributed by atoms with Gasteiger partial charge in [0.15, 0.2) is 0 Å². The molecule has 0 atom stereocenters. The fraction of sp³-hybridized carbons (Fsp3) is 0.593. The number of aromatic carboxylic acids is 1. The van der Waals surface area contributed by atoms with Gasteiger partial charge in [-0.3, -0.25) is 0 Å². The van der Waals surface area contributed by atoms with Gasteiger partial charge in [-0.05, 0) is 69.6 Å². The largest absolute Gasteiger partial charge is 0.478 e. The second-order valence-corrected chi connectivity index (χ2v) is 11.9. The highest BCUT2D eigenvalue weighted by Gasteiger charge is 2.41. The number of thiazole rings is 1. The fourth-order valence-corrected chi connectivity index (χ4v) is 6.84. The van der Waals surface area contributed by atoms with Gasteiger partial charge in [0.2, 0.25) is 5.92 Å². The number of benzene rings is 1. The number of ether oxygens (including phenoxy) is 1. The lowest BCUT2D eigenvalue weighted by Gasteiger charge is -2.34. The molecule has 2 N–H and O–H groups in total. The Hall–Kier alpha value is -2.43. The quantitative estimate of drug-likeness (QED) is 0.358. The third-order valence-corrected chi connectivity index (χ3v) is 9.37. The smallest absolute Gasteiger partial charge is 0.335 e. The van der Waals surface area contributed by atoms with Gasteiger partial charge in [-0.1, -0.05) is 5.16 Å². The molecule has 0 saturated heterocycles. The van der Waals surface area contributed by atoms with Crippen molar-refractivity contribution >= 4 is 27.5 Å². The highest BCUT2D eigenvalue weighted by molar-refractivity contribution is 7.18. The summed E-state index contributed by atoms with van der Waals surface area (Å²) in [7, 11) is 0. The number of carbonyl (C=O) groups is 1. The van der Waals surface area contributed by atoms with E-state index >= 15 is 0 Å². The highest BCUT2D eigenvalue weighted by atomic mass is 32.1. The van der Waals surface area contributed by atoms with Crippen LogP contribution in [0.5, 0.6) is 0 Å². The molecule has 0 amide bonds. The molecule has 7 nitrogen and oxygen atoms in total. The molecule has 2 aromatic heterocycles. The number of halogens is 2. The van der Waals surface area contributed by atoms with Crippen LogP contribution in [0, 0.1) is 0 Å². The molecule has 6 rings (SSSR count). The number of hydrogen-bond acceptors (Lipinski definition) is 7. The van der Waals surface area contributed by atoms with Gasteiger partial charge in [0.05, 0.1) is 34.2 Å². The molecule has 3 aromatic rings. The monoisotopic (exact) mass is 532 g/mol. The van der Waals surface area contributed by atoms with Crippen LogP contribution in [-0.2, 0) is 16.9 Å². The maximum absolute atomic E-state index is 13.7. The van der Waals surface area contributed by atoms with Gasteiger partial charge in [-0.15, -0.1) is 11.3 Å². The Morgan fingerprint density at radius 2 is 1.81 bits per heavy atom. The average molecular weight is 533 g/mol. The molecule has 0 unspecified atom stereocenters. The minimum absolute atomic E-state index is 0.0217. The van der Waals surface area contributed by atoms with Crippen LogP contribution in [-0.4, -0.2) is 38.3 Å². The Morgan fingerprint density at radius 1 is 1.08 bits per heavy atom. The molecule has 0 bridgehead atoms. The SMILES string of the molecule is O=C(O)c1ccc2nc([C@]3(O)CC[C@@H](OCc4c(C5CCC(F)(F)CC5)noc4C4CC4)CC3)sc2c1. The van der Waals surface area contributed by atoms with Crippen LogP contribution in [0.4, 0.5) is 8.78 Å². The van der Waals surface area contributed by atoms with Crippen molar-refractivity contribution in [2.75, 3.05) is 0 Å². The van der Waals surface area contributed by atoms with Crippen molar-refractivity contribution in [2.45, 2.75) is 100 Å². The summed E-state index contributed by atoms with van der Waals surface area (Å²) < 4.78 is 40.2. The second kappa shape index (κ2) is 9.39. The third-order valence-electron chi connectivity index (χ3n) is 8.16. The van der Waals surface area contributed by atoms with E-state index < -0.39 is 17.5 Å². The summed E-state index contributed by atoms with van der Waals surface area (Å²) in [5.74, 6) is -2.39. The first-order valence-corrected chi connectivity index (χ1v) is 13.9. The van der Waals surface area contributed by atoms with Gasteiger partial charge < -0.3 is 19.5 Å². The topological polar surface area (TPSA) is 106 Å². The summed E-state index contributed by atoms with van der Waals surface area (Å²) >= 11 is 1.34. The van der Waals surface area contributed by atoms with Crippen molar-refractivity contribution in [1.82, 2.24) is 10.1 Å². The molecule has 1 aromatic carbocycles. The molecular weight excluding hydrogens is 502 g/mol. The van der Waals surface area contributed by atoms with Crippen LogP contribution < -0.4 is 0 Å². The predicted octanol–water partition coefficient (Wildman–Crippen LogP) is 6.50. The van der Waals surface area contributed by atoms with Crippen molar-refractivity contribution in [3.8, 4) is 0 Å². The van der Waals surface area contributed by atoms with E-state index in [0.717, 1.165) is 34.6 Å². The van der Waals surface area contributed by atoms with Gasteiger partial charge in [0, 0.05) is 30.2 Å². The number of nitrogens with zero attached hydrogens (tertiary/aromatic N) is 2. The first kappa shape index (κ1) is 24.9. The Kier molecular flexibility index (Phi) is 6.32. The lowest BCUT2D eigenvalue weighted by atomic mass is 9.83. The zero-order valence-electron chi connectivity index (χ0n) is 20.4. The van der Waals surface area contributed by atoms with Gasteiger partial charge >= 0.3 is 5.97 Å². The van der Waals surface area contributed by atoms with Crippen LogP contribution in [0.2, 0.25) is 0 Å². The molecule has 10 heteroatoms. The zero-order valence-corrected chi connectivity index (χ0v) is 21.2. The molecule has 3 fully saturated rings. The number of carboxylic acids is 1. The first-order chi connectivity index (χ1) is 17.7. The average Bonchev–Trinajstić information content (AvgIpc) is 3.48. The lowest BCUT2D eigenvalue weighted by molar-refractivity contribution is -0.0644. The number of carboxylic acid groups (broad SMARTS) is 1. The molecule has 3 saturated carbocycles. The van der Waals surface area contributed by atoms with Crippen LogP contribution in [0.1, 0.15) is 108 Å². The molecule has 37 heavy (non-hydrogen) atoms. The van der Waals surface area contributed by atoms with Gasteiger partial charge in [-0.25, -0.2) is 18.6 Å². The highest BCUT2D eigenvalue weighted by Crippen LogP contribution is 2.47. The molecular formula is C27H30F2N2O5S. The number of hydrogen-bond donors (Lipinski definition) is 2. The molecule has 0 radical (unpaired) electrons. The number of aliphatic hydroxyl groups is 1. The van der Waals surface area contributed by atoms with Gasteiger partial charge in [0.1, 0.15) is 16.4 Å². The van der Waals surface area contributed by atoms with E-state index in [-0.39, 0.29) is 30.4 Å². The van der Waals surface area contributed by atoms with Gasteiger partial charge in [-0.2, -0.15) is 0 Å². The number of fused-ring (bicyclic) bond motifs is 1. The van der Waals surface area contributed by atoms with Crippen LogP contribution in [0.15, 0.2) is 22.7 Å². The van der Waals surface area contributed by atoms with Crippen LogP contribution >= 0.6 is 11.3 Å². The van der Waals surface area contributed by atoms with E-state index in [1.165, 1.54) is 17.4 Å². The first-order valence-electron chi connectivity index (χ1n) is 13.1. The minimum atomic E-state index is -2.59. The van der Waals surface area contributed by atoms with Crippen molar-refractivity contribution < 1.29 is 33.0 Å². The molecule has 3 aliphatic rings. The van der Waals surface area contributed by atoms with E-state index in [9.17, 15) is 23.8 Å². The summed E-state index contributed by atoms with van der Waals surface area (Å²) in [6.07, 6.45) is 4.94. The van der Waals surface area contributed by atoms with E-state index in [4.69, 9.17) is 9.26 Å². The van der Waals surface area contributed by atoms with Crippen molar-refractivity contribution in [3.63, 3.8) is 0 Å². The summed E-state index contributed by atoms with van der Waals surface area (Å²) in [6.45, 7) is 0.347. The van der Waals surface area contributed by atoms with Crippen LogP contribution in [0.25, 0.3) is 10.2 Å². The number of alkyl halides is 2. The lowest BCUT2D eigenvalue weighted by Crippen LogP contribution is -2.34. The Bertz CT molecular complexity index is 1300.